The molecule has 122 valence electrons. The second-order valence-electron chi connectivity index (χ2n) is 5.52. The fourth-order valence-electron chi connectivity index (χ4n) is 1.96. The van der Waals surface area contributed by atoms with Crippen LogP contribution < -0.4 is 0 Å². The van der Waals surface area contributed by atoms with Crippen LogP contribution in [0.4, 0.5) is 0 Å². The van der Waals surface area contributed by atoms with Crippen molar-refractivity contribution in [1.29, 1.82) is 0 Å². The van der Waals surface area contributed by atoms with Crippen LogP contribution in [0, 0.1) is 12.8 Å². The first-order valence-corrected chi connectivity index (χ1v) is 7.18. The zero-order valence-electron chi connectivity index (χ0n) is 13.3. The largest absolute Gasteiger partial charge is 0.481 e. The van der Waals surface area contributed by atoms with Crippen LogP contribution in [0.5, 0.6) is 0 Å². The Hall–Kier alpha value is -2.77. The summed E-state index contributed by atoms with van der Waals surface area (Å²) in [7, 11) is 1.56. The van der Waals surface area contributed by atoms with Crippen molar-refractivity contribution < 1.29 is 14.7 Å². The van der Waals surface area contributed by atoms with Crippen molar-refractivity contribution in [2.45, 2.75) is 20.4 Å². The summed E-state index contributed by atoms with van der Waals surface area (Å²) in [5.41, 5.74) is 1.95. The zero-order chi connectivity index (χ0) is 17.0. The number of carbonyl (C=O) groups is 2. The van der Waals surface area contributed by atoms with Crippen LogP contribution in [-0.4, -0.2) is 55.7 Å². The number of carboxylic acids is 1. The van der Waals surface area contributed by atoms with Crippen LogP contribution in [0.15, 0.2) is 24.3 Å². The van der Waals surface area contributed by atoms with Crippen molar-refractivity contribution in [3.05, 3.63) is 29.8 Å². The molecular formula is C15H19N5O3. The Morgan fingerprint density at radius 3 is 2.57 bits per heavy atom. The summed E-state index contributed by atoms with van der Waals surface area (Å²) in [6, 6.07) is 7.67. The summed E-state index contributed by atoms with van der Waals surface area (Å²) in [6.07, 6.45) is 0. The lowest BCUT2D eigenvalue weighted by atomic mass is 10.1. The van der Waals surface area contributed by atoms with Crippen molar-refractivity contribution in [2.75, 3.05) is 13.6 Å². The first-order chi connectivity index (χ1) is 10.9. The van der Waals surface area contributed by atoms with Crippen LogP contribution in [0.3, 0.4) is 0 Å². The molecule has 1 unspecified atom stereocenters. The molecule has 1 amide bonds. The molecule has 0 fully saturated rings. The number of aromatic nitrogens is 4. The lowest BCUT2D eigenvalue weighted by Crippen LogP contribution is -2.36. The number of tetrazole rings is 1. The van der Waals surface area contributed by atoms with E-state index in [4.69, 9.17) is 5.11 Å². The summed E-state index contributed by atoms with van der Waals surface area (Å²) in [5.74, 6) is -1.40. The molecule has 0 aliphatic carbocycles. The van der Waals surface area contributed by atoms with Gasteiger partial charge in [0.25, 0.3) is 0 Å². The van der Waals surface area contributed by atoms with Gasteiger partial charge in [-0.2, -0.15) is 4.80 Å². The molecule has 1 heterocycles. The molecule has 0 saturated heterocycles. The summed E-state index contributed by atoms with van der Waals surface area (Å²) >= 11 is 0. The van der Waals surface area contributed by atoms with Crippen molar-refractivity contribution >= 4 is 11.9 Å². The third kappa shape index (κ3) is 4.35. The van der Waals surface area contributed by atoms with Crippen molar-refractivity contribution in [2.24, 2.45) is 5.92 Å². The van der Waals surface area contributed by atoms with Crippen molar-refractivity contribution in [3.8, 4) is 11.4 Å². The average Bonchev–Trinajstić information content (AvgIpc) is 2.96. The van der Waals surface area contributed by atoms with Crippen molar-refractivity contribution in [1.82, 2.24) is 25.1 Å². The summed E-state index contributed by atoms with van der Waals surface area (Å²) in [5, 5.41) is 20.8. The van der Waals surface area contributed by atoms with E-state index in [0.29, 0.717) is 5.82 Å². The minimum atomic E-state index is -0.940. The highest BCUT2D eigenvalue weighted by Crippen LogP contribution is 2.13. The van der Waals surface area contributed by atoms with E-state index in [2.05, 4.69) is 15.4 Å². The molecule has 8 nitrogen and oxygen atoms in total. The maximum absolute atomic E-state index is 12.1. The normalized spacial score (nSPS) is 12.0. The molecule has 0 aliphatic rings. The van der Waals surface area contributed by atoms with Gasteiger partial charge >= 0.3 is 5.97 Å². The van der Waals surface area contributed by atoms with Crippen molar-refractivity contribution in [3.63, 3.8) is 0 Å². The minimum Gasteiger partial charge on any atom is -0.481 e. The number of benzene rings is 1. The molecule has 1 atom stereocenters. The summed E-state index contributed by atoms with van der Waals surface area (Å²) in [4.78, 5) is 25.4. The third-order valence-corrected chi connectivity index (χ3v) is 3.43. The molecule has 2 rings (SSSR count). The maximum Gasteiger partial charge on any atom is 0.308 e. The number of carboxylic acid groups (broad SMARTS) is 1. The molecule has 8 heteroatoms. The third-order valence-electron chi connectivity index (χ3n) is 3.43. The number of hydrogen-bond donors (Lipinski definition) is 1. The smallest absolute Gasteiger partial charge is 0.308 e. The molecule has 0 aliphatic heterocycles. The molecule has 2 aromatic rings. The molecule has 1 aromatic heterocycles. The highest BCUT2D eigenvalue weighted by atomic mass is 16.4. The molecule has 1 N–H and O–H groups in total. The first kappa shape index (κ1) is 16.6. The van der Waals surface area contributed by atoms with E-state index >= 15 is 0 Å². The van der Waals surface area contributed by atoms with Crippen LogP contribution in [-0.2, 0) is 16.1 Å². The van der Waals surface area contributed by atoms with Gasteiger partial charge in [-0.25, -0.2) is 0 Å². The minimum absolute atomic E-state index is 0.0816. The Bertz CT molecular complexity index is 695. The van der Waals surface area contributed by atoms with Gasteiger partial charge < -0.3 is 10.0 Å². The first-order valence-electron chi connectivity index (χ1n) is 7.18. The van der Waals surface area contributed by atoms with Gasteiger partial charge in [-0.3, -0.25) is 9.59 Å². The number of carbonyl (C=O) groups excluding carboxylic acids is 1. The predicted molar refractivity (Wildman–Crippen MR) is 82.4 cm³/mol. The Morgan fingerprint density at radius 2 is 1.96 bits per heavy atom. The summed E-state index contributed by atoms with van der Waals surface area (Å²) < 4.78 is 0. The standard InChI is InChI=1S/C15H19N5O3/c1-10-4-6-12(7-5-10)14-16-18-20(17-14)9-13(21)19(3)8-11(2)15(22)23/h4-7,11H,8-9H2,1-3H3,(H,22,23). The van der Waals surface area contributed by atoms with E-state index in [1.165, 1.54) is 9.70 Å². The van der Waals surface area contributed by atoms with Crippen LogP contribution in [0.1, 0.15) is 12.5 Å². The molecular weight excluding hydrogens is 298 g/mol. The van der Waals surface area contributed by atoms with Crippen LogP contribution in [0.25, 0.3) is 11.4 Å². The van der Waals surface area contributed by atoms with Gasteiger partial charge in [0.15, 0.2) is 0 Å². The summed E-state index contributed by atoms with van der Waals surface area (Å²) in [6.45, 7) is 3.59. The van der Waals surface area contributed by atoms with Gasteiger partial charge in [0, 0.05) is 19.2 Å². The van der Waals surface area contributed by atoms with Crippen LogP contribution in [0.2, 0.25) is 0 Å². The van der Waals surface area contributed by atoms with Gasteiger partial charge in [-0.1, -0.05) is 36.8 Å². The Morgan fingerprint density at radius 1 is 1.30 bits per heavy atom. The zero-order valence-corrected chi connectivity index (χ0v) is 13.3. The fourth-order valence-corrected chi connectivity index (χ4v) is 1.96. The van der Waals surface area contributed by atoms with E-state index in [0.717, 1.165) is 11.1 Å². The number of amides is 1. The molecule has 0 spiro atoms. The number of hydrogen-bond acceptors (Lipinski definition) is 5. The Kier molecular flexibility index (Phi) is 5.05. The second kappa shape index (κ2) is 6.99. The number of aryl methyl sites for hydroxylation is 1. The monoisotopic (exact) mass is 317 g/mol. The van der Waals surface area contributed by atoms with E-state index in [1.807, 2.05) is 31.2 Å². The van der Waals surface area contributed by atoms with E-state index < -0.39 is 11.9 Å². The van der Waals surface area contributed by atoms with E-state index in [9.17, 15) is 9.59 Å². The van der Waals surface area contributed by atoms with Gasteiger partial charge in [0.2, 0.25) is 11.7 Å². The number of rotatable bonds is 6. The van der Waals surface area contributed by atoms with Crippen LogP contribution >= 0.6 is 0 Å². The predicted octanol–water partition coefficient (Wildman–Crippen LogP) is 0.828. The number of aliphatic carboxylic acids is 1. The second-order valence-corrected chi connectivity index (χ2v) is 5.52. The lowest BCUT2D eigenvalue weighted by Gasteiger charge is -2.18. The molecule has 1 aromatic carbocycles. The molecule has 23 heavy (non-hydrogen) atoms. The Labute approximate surface area is 133 Å². The van der Waals surface area contributed by atoms with Gasteiger partial charge in [0.05, 0.1) is 5.92 Å². The quantitative estimate of drug-likeness (QED) is 0.846. The topological polar surface area (TPSA) is 101 Å². The Balaban J connectivity index is 1.99. The van der Waals surface area contributed by atoms with Gasteiger partial charge in [-0.15, -0.1) is 10.2 Å². The fraction of sp³-hybridized carbons (Fsp3) is 0.400. The van der Waals surface area contributed by atoms with Gasteiger partial charge in [0.1, 0.15) is 6.54 Å². The highest BCUT2D eigenvalue weighted by Gasteiger charge is 2.18. The van der Waals surface area contributed by atoms with E-state index in [1.54, 1.807) is 14.0 Å². The number of likely N-dealkylation sites (N-methyl/N-ethyl adjacent to an activating group) is 1. The maximum atomic E-state index is 12.1. The number of nitrogens with zero attached hydrogens (tertiary/aromatic N) is 5. The lowest BCUT2D eigenvalue weighted by molar-refractivity contribution is -0.142. The highest BCUT2D eigenvalue weighted by molar-refractivity contribution is 5.77. The SMILES string of the molecule is Cc1ccc(-c2nnn(CC(=O)N(C)CC(C)C(=O)O)n2)cc1. The van der Waals surface area contributed by atoms with Gasteiger partial charge in [-0.05, 0) is 12.1 Å². The molecule has 0 bridgehead atoms. The molecule has 0 saturated carbocycles. The average molecular weight is 317 g/mol. The molecule has 0 radical (unpaired) electrons. The van der Waals surface area contributed by atoms with E-state index in [-0.39, 0.29) is 19.0 Å².